The Morgan fingerprint density at radius 3 is 2.63 bits per heavy atom. The van der Waals surface area contributed by atoms with Crippen LogP contribution < -0.4 is 10.2 Å². The lowest BCUT2D eigenvalue weighted by Gasteiger charge is -2.24. The average Bonchev–Trinajstić information content (AvgIpc) is 3.52. The first-order chi connectivity index (χ1) is 16.9. The molecule has 1 N–H and O–H groups in total. The van der Waals surface area contributed by atoms with Gasteiger partial charge in [-0.05, 0) is 38.2 Å². The molecular formula is C23H23F4N7O. The number of halogens is 4. The van der Waals surface area contributed by atoms with Gasteiger partial charge in [0.1, 0.15) is 11.5 Å². The van der Waals surface area contributed by atoms with E-state index in [4.69, 9.17) is 4.42 Å². The first-order valence-corrected chi connectivity index (χ1v) is 10.9. The van der Waals surface area contributed by atoms with E-state index >= 15 is 4.39 Å². The molecule has 0 aliphatic carbocycles. The number of nitrogens with zero attached hydrogens (tertiary/aromatic N) is 6. The summed E-state index contributed by atoms with van der Waals surface area (Å²) in [4.78, 5) is 1.92. The van der Waals surface area contributed by atoms with Crippen molar-refractivity contribution in [2.75, 3.05) is 31.6 Å². The zero-order valence-corrected chi connectivity index (χ0v) is 19.1. The highest BCUT2D eigenvalue weighted by Gasteiger charge is 2.19. The quantitative estimate of drug-likeness (QED) is 0.333. The monoisotopic (exact) mass is 489 g/mol. The Kier molecular flexibility index (Phi) is 7.39. The number of rotatable bonds is 10. The van der Waals surface area contributed by atoms with Gasteiger partial charge in [0, 0.05) is 36.3 Å². The van der Waals surface area contributed by atoms with Gasteiger partial charge in [-0.2, -0.15) is 8.78 Å². The maximum absolute atomic E-state index is 15.3. The summed E-state index contributed by atoms with van der Waals surface area (Å²) in [5.41, 5.74) is 1.50. The predicted octanol–water partition coefficient (Wildman–Crippen LogP) is 4.30. The minimum Gasteiger partial charge on any atom is -0.415 e. The fourth-order valence-electron chi connectivity index (χ4n) is 3.58. The van der Waals surface area contributed by atoms with Crippen LogP contribution in [0.4, 0.5) is 23.2 Å². The smallest absolute Gasteiger partial charge is 0.314 e. The molecule has 0 bridgehead atoms. The Morgan fingerprint density at radius 2 is 1.94 bits per heavy atom. The van der Waals surface area contributed by atoms with Crippen LogP contribution in [0.5, 0.6) is 0 Å². The molecule has 4 aromatic rings. The molecule has 4 rings (SSSR count). The van der Waals surface area contributed by atoms with Gasteiger partial charge in [0.2, 0.25) is 5.89 Å². The lowest BCUT2D eigenvalue weighted by Crippen LogP contribution is -2.31. The highest BCUT2D eigenvalue weighted by molar-refractivity contribution is 5.66. The molecule has 0 fully saturated rings. The number of alkyl halides is 2. The number of benzene rings is 2. The molecule has 8 nitrogen and oxygen atoms in total. The predicted molar refractivity (Wildman–Crippen MR) is 121 cm³/mol. The van der Waals surface area contributed by atoms with Crippen LogP contribution in [0, 0.1) is 11.6 Å². The van der Waals surface area contributed by atoms with E-state index in [1.54, 1.807) is 18.2 Å². The van der Waals surface area contributed by atoms with E-state index in [9.17, 15) is 13.2 Å². The van der Waals surface area contributed by atoms with Gasteiger partial charge in [-0.15, -0.1) is 15.3 Å². The summed E-state index contributed by atoms with van der Waals surface area (Å²) in [5.74, 6) is -2.07. The van der Waals surface area contributed by atoms with Crippen molar-refractivity contribution in [3.8, 4) is 22.7 Å². The molecule has 0 spiro atoms. The van der Waals surface area contributed by atoms with Crippen LogP contribution in [0.2, 0.25) is 0 Å². The van der Waals surface area contributed by atoms with Crippen molar-refractivity contribution in [1.82, 2.24) is 30.5 Å². The molecule has 0 saturated heterocycles. The number of anilines is 1. The van der Waals surface area contributed by atoms with Gasteiger partial charge in [0.05, 0.1) is 18.4 Å². The van der Waals surface area contributed by atoms with Gasteiger partial charge in [0.25, 0.3) is 5.89 Å². The SMILES string of the molecule is CCN(CCNC)c1cccc(-c2cn(Cc3ccc(-c4nnc(C(F)F)o4)cc3F)nn2)c1F. The molecule has 0 saturated carbocycles. The highest BCUT2D eigenvalue weighted by Crippen LogP contribution is 2.29. The average molecular weight is 489 g/mol. The standard InChI is InChI=1S/C23H23F4N7O/c1-3-33(10-9-28-2)19-6-4-5-16(20(19)25)18-13-34(32-29-18)12-15-8-7-14(11-17(15)24)22-30-31-23(35-22)21(26)27/h4-8,11,13,21,28H,3,9-10,12H2,1-2H3. The molecule has 0 atom stereocenters. The van der Waals surface area contributed by atoms with Gasteiger partial charge >= 0.3 is 6.43 Å². The third-order valence-electron chi connectivity index (χ3n) is 5.41. The van der Waals surface area contributed by atoms with E-state index < -0.39 is 24.0 Å². The summed E-state index contributed by atoms with van der Waals surface area (Å²) in [7, 11) is 1.84. The third kappa shape index (κ3) is 5.32. The number of hydrogen-bond acceptors (Lipinski definition) is 7. The van der Waals surface area contributed by atoms with Crippen LogP contribution >= 0.6 is 0 Å². The minimum atomic E-state index is -2.91. The molecular weight excluding hydrogens is 466 g/mol. The first kappa shape index (κ1) is 24.3. The Bertz CT molecular complexity index is 1290. The lowest BCUT2D eigenvalue weighted by molar-refractivity contribution is 0.116. The van der Waals surface area contributed by atoms with E-state index in [0.717, 1.165) is 6.07 Å². The lowest BCUT2D eigenvalue weighted by atomic mass is 10.1. The van der Waals surface area contributed by atoms with Crippen LogP contribution in [-0.4, -0.2) is 51.9 Å². The summed E-state index contributed by atoms with van der Waals surface area (Å²) < 4.78 is 61.5. The molecule has 0 amide bonds. The van der Waals surface area contributed by atoms with Crippen molar-refractivity contribution in [2.45, 2.75) is 19.9 Å². The van der Waals surface area contributed by atoms with Gasteiger partial charge in [-0.25, -0.2) is 13.5 Å². The van der Waals surface area contributed by atoms with Crippen molar-refractivity contribution in [1.29, 1.82) is 0 Å². The van der Waals surface area contributed by atoms with Crippen LogP contribution in [0.3, 0.4) is 0 Å². The molecule has 2 aromatic heterocycles. The first-order valence-electron chi connectivity index (χ1n) is 10.9. The van der Waals surface area contributed by atoms with Crippen molar-refractivity contribution in [3.05, 3.63) is 65.7 Å². The number of hydrogen-bond donors (Lipinski definition) is 1. The van der Waals surface area contributed by atoms with E-state index in [0.29, 0.717) is 36.6 Å². The molecule has 0 radical (unpaired) electrons. The second kappa shape index (κ2) is 10.6. The summed E-state index contributed by atoms with van der Waals surface area (Å²) in [5, 5.41) is 17.9. The summed E-state index contributed by atoms with van der Waals surface area (Å²) in [6.45, 7) is 3.96. The highest BCUT2D eigenvalue weighted by atomic mass is 19.3. The van der Waals surface area contributed by atoms with Gasteiger partial charge in [-0.1, -0.05) is 17.3 Å². The Hall–Kier alpha value is -3.80. The van der Waals surface area contributed by atoms with Gasteiger partial charge < -0.3 is 14.6 Å². The molecule has 2 aromatic carbocycles. The van der Waals surface area contributed by atoms with Crippen molar-refractivity contribution in [3.63, 3.8) is 0 Å². The number of nitrogens with one attached hydrogen (secondary N) is 1. The summed E-state index contributed by atoms with van der Waals surface area (Å²) >= 11 is 0. The Labute approximate surface area is 198 Å². The van der Waals surface area contributed by atoms with Crippen LogP contribution in [-0.2, 0) is 6.54 Å². The zero-order valence-electron chi connectivity index (χ0n) is 19.1. The molecule has 2 heterocycles. The van der Waals surface area contributed by atoms with Crippen molar-refractivity contribution in [2.24, 2.45) is 0 Å². The molecule has 35 heavy (non-hydrogen) atoms. The Morgan fingerprint density at radius 1 is 1.11 bits per heavy atom. The molecule has 184 valence electrons. The van der Waals surface area contributed by atoms with E-state index in [1.807, 2.05) is 18.9 Å². The number of likely N-dealkylation sites (N-methyl/N-ethyl adjacent to an activating group) is 2. The van der Waals surface area contributed by atoms with E-state index in [2.05, 4.69) is 25.8 Å². The maximum Gasteiger partial charge on any atom is 0.314 e. The van der Waals surface area contributed by atoms with E-state index in [-0.39, 0.29) is 23.6 Å². The van der Waals surface area contributed by atoms with Crippen LogP contribution in [0.1, 0.15) is 24.8 Å². The molecule has 0 aliphatic rings. The van der Waals surface area contributed by atoms with E-state index in [1.165, 1.54) is 23.0 Å². The fourth-order valence-corrected chi connectivity index (χ4v) is 3.58. The van der Waals surface area contributed by atoms with Crippen LogP contribution in [0.15, 0.2) is 47.0 Å². The fraction of sp³-hybridized carbons (Fsp3) is 0.304. The second-order valence-electron chi connectivity index (χ2n) is 7.68. The molecule has 0 unspecified atom stereocenters. The summed E-state index contributed by atoms with van der Waals surface area (Å²) in [6.07, 6.45) is -1.38. The van der Waals surface area contributed by atoms with Crippen molar-refractivity contribution >= 4 is 5.69 Å². The molecule has 12 heteroatoms. The number of aromatic nitrogens is 5. The normalized spacial score (nSPS) is 11.4. The maximum atomic E-state index is 15.3. The topological polar surface area (TPSA) is 84.9 Å². The minimum absolute atomic E-state index is 0.0236. The van der Waals surface area contributed by atoms with Gasteiger partial charge in [0.15, 0.2) is 5.82 Å². The van der Waals surface area contributed by atoms with Crippen LogP contribution in [0.25, 0.3) is 22.7 Å². The van der Waals surface area contributed by atoms with Crippen molar-refractivity contribution < 1.29 is 22.0 Å². The Balaban J connectivity index is 1.53. The van der Waals surface area contributed by atoms with Gasteiger partial charge in [-0.3, -0.25) is 0 Å². The zero-order chi connectivity index (χ0) is 24.9. The second-order valence-corrected chi connectivity index (χ2v) is 7.68. The summed E-state index contributed by atoms with van der Waals surface area (Å²) in [6, 6.07) is 9.14. The third-order valence-corrected chi connectivity index (χ3v) is 5.41. The largest absolute Gasteiger partial charge is 0.415 e. The molecule has 0 aliphatic heterocycles.